The lowest BCUT2D eigenvalue weighted by molar-refractivity contribution is -0.140. The molecule has 1 unspecified atom stereocenters. The lowest BCUT2D eigenvalue weighted by atomic mass is 10.1. The molecule has 0 radical (unpaired) electrons. The van der Waals surface area contributed by atoms with Gasteiger partial charge in [0.2, 0.25) is 0 Å². The lowest BCUT2D eigenvalue weighted by Crippen LogP contribution is -2.31. The topological polar surface area (TPSA) is 92.4 Å². The van der Waals surface area contributed by atoms with Crippen LogP contribution in [-0.2, 0) is 4.79 Å². The van der Waals surface area contributed by atoms with Gasteiger partial charge in [-0.1, -0.05) is 6.92 Å². The summed E-state index contributed by atoms with van der Waals surface area (Å²) in [6.45, 7) is 1.42. The largest absolute Gasteiger partial charge is 0.481 e. The minimum Gasteiger partial charge on any atom is -0.481 e. The van der Waals surface area contributed by atoms with E-state index in [2.05, 4.69) is 5.32 Å². The first-order valence-corrected chi connectivity index (χ1v) is 4.98. The SMILES string of the molecule is CC(CNC(=O)c1cc(F)ccc1N)C(=O)O. The quantitative estimate of drug-likeness (QED) is 0.680. The molecule has 0 aliphatic rings. The fourth-order valence-electron chi connectivity index (χ4n) is 1.15. The number of nitrogen functional groups attached to an aromatic ring is 1. The standard InChI is InChI=1S/C11H13FN2O3/c1-6(11(16)17)5-14-10(15)8-4-7(12)2-3-9(8)13/h2-4,6H,5,13H2,1H3,(H,14,15)(H,16,17). The molecule has 0 saturated heterocycles. The van der Waals surface area contributed by atoms with E-state index in [9.17, 15) is 14.0 Å². The van der Waals surface area contributed by atoms with Crippen LogP contribution in [0.15, 0.2) is 18.2 Å². The molecular weight excluding hydrogens is 227 g/mol. The molecule has 92 valence electrons. The van der Waals surface area contributed by atoms with E-state index >= 15 is 0 Å². The molecule has 4 N–H and O–H groups in total. The Kier molecular flexibility index (Phi) is 4.03. The van der Waals surface area contributed by atoms with Crippen LogP contribution in [0.4, 0.5) is 10.1 Å². The predicted molar refractivity (Wildman–Crippen MR) is 59.9 cm³/mol. The fourth-order valence-corrected chi connectivity index (χ4v) is 1.15. The zero-order valence-corrected chi connectivity index (χ0v) is 9.24. The van der Waals surface area contributed by atoms with Crippen LogP contribution in [0.3, 0.4) is 0 Å². The number of nitrogens with one attached hydrogen (secondary N) is 1. The number of rotatable bonds is 4. The normalized spacial score (nSPS) is 11.9. The Bertz CT molecular complexity index is 448. The van der Waals surface area contributed by atoms with E-state index in [0.717, 1.165) is 12.1 Å². The molecular formula is C11H13FN2O3. The van der Waals surface area contributed by atoms with Crippen molar-refractivity contribution in [1.29, 1.82) is 0 Å². The number of amides is 1. The molecule has 0 fully saturated rings. The highest BCUT2D eigenvalue weighted by molar-refractivity contribution is 5.99. The monoisotopic (exact) mass is 240 g/mol. The van der Waals surface area contributed by atoms with Crippen molar-refractivity contribution < 1.29 is 19.1 Å². The average Bonchev–Trinajstić information content (AvgIpc) is 2.28. The molecule has 0 heterocycles. The number of carbonyl (C=O) groups is 2. The smallest absolute Gasteiger partial charge is 0.308 e. The number of benzene rings is 1. The molecule has 0 aliphatic heterocycles. The third-order valence-corrected chi connectivity index (χ3v) is 2.25. The fraction of sp³-hybridized carbons (Fsp3) is 0.273. The minimum atomic E-state index is -1.02. The highest BCUT2D eigenvalue weighted by atomic mass is 19.1. The van der Waals surface area contributed by atoms with E-state index in [4.69, 9.17) is 10.8 Å². The molecule has 1 aromatic carbocycles. The van der Waals surface area contributed by atoms with Gasteiger partial charge in [0.25, 0.3) is 5.91 Å². The number of anilines is 1. The van der Waals surface area contributed by atoms with Gasteiger partial charge in [-0.2, -0.15) is 0 Å². The van der Waals surface area contributed by atoms with Crippen LogP contribution in [0, 0.1) is 11.7 Å². The minimum absolute atomic E-state index is 0.00240. The van der Waals surface area contributed by atoms with Gasteiger partial charge >= 0.3 is 5.97 Å². The Balaban J connectivity index is 2.70. The molecule has 17 heavy (non-hydrogen) atoms. The summed E-state index contributed by atoms with van der Waals surface area (Å²) >= 11 is 0. The van der Waals surface area contributed by atoms with Crippen LogP contribution in [0.5, 0.6) is 0 Å². The van der Waals surface area contributed by atoms with Crippen LogP contribution in [-0.4, -0.2) is 23.5 Å². The van der Waals surface area contributed by atoms with E-state index in [1.807, 2.05) is 0 Å². The molecule has 1 atom stereocenters. The summed E-state index contributed by atoms with van der Waals surface area (Å²) in [4.78, 5) is 22.1. The van der Waals surface area contributed by atoms with Gasteiger partial charge < -0.3 is 16.2 Å². The van der Waals surface area contributed by atoms with Crippen molar-refractivity contribution in [2.45, 2.75) is 6.92 Å². The molecule has 0 aromatic heterocycles. The van der Waals surface area contributed by atoms with Crippen molar-refractivity contribution in [3.8, 4) is 0 Å². The summed E-state index contributed by atoms with van der Waals surface area (Å²) < 4.78 is 12.9. The van der Waals surface area contributed by atoms with Gasteiger partial charge in [-0.15, -0.1) is 0 Å². The molecule has 1 aromatic rings. The highest BCUT2D eigenvalue weighted by Gasteiger charge is 2.15. The second-order valence-electron chi connectivity index (χ2n) is 3.68. The summed E-state index contributed by atoms with van der Waals surface area (Å²) in [6, 6.07) is 3.44. The number of hydrogen-bond acceptors (Lipinski definition) is 3. The van der Waals surface area contributed by atoms with Crippen molar-refractivity contribution in [2.24, 2.45) is 5.92 Å². The number of carbonyl (C=O) groups excluding carboxylic acids is 1. The number of carboxylic acids is 1. The van der Waals surface area contributed by atoms with Crippen molar-refractivity contribution in [3.63, 3.8) is 0 Å². The third kappa shape index (κ3) is 3.44. The Morgan fingerprint density at radius 3 is 2.76 bits per heavy atom. The van der Waals surface area contributed by atoms with Gasteiger partial charge in [-0.25, -0.2) is 4.39 Å². The van der Waals surface area contributed by atoms with E-state index < -0.39 is 23.6 Å². The van der Waals surface area contributed by atoms with Crippen LogP contribution >= 0.6 is 0 Å². The summed E-state index contributed by atoms with van der Waals surface area (Å²) in [5.74, 6) is -2.89. The Labute approximate surface area is 97.4 Å². The first-order valence-electron chi connectivity index (χ1n) is 4.98. The molecule has 0 bridgehead atoms. The average molecular weight is 240 g/mol. The summed E-state index contributed by atoms with van der Waals surface area (Å²) in [6.07, 6.45) is 0. The van der Waals surface area contributed by atoms with Gasteiger partial charge in [0.1, 0.15) is 5.82 Å². The maximum atomic E-state index is 12.9. The van der Waals surface area contributed by atoms with Crippen molar-refractivity contribution in [2.75, 3.05) is 12.3 Å². The lowest BCUT2D eigenvalue weighted by Gasteiger charge is -2.09. The number of halogens is 1. The van der Waals surface area contributed by atoms with E-state index in [0.29, 0.717) is 0 Å². The van der Waals surface area contributed by atoms with E-state index in [-0.39, 0.29) is 17.8 Å². The summed E-state index contributed by atoms with van der Waals surface area (Å²) in [7, 11) is 0. The Morgan fingerprint density at radius 2 is 2.18 bits per heavy atom. The van der Waals surface area contributed by atoms with Gasteiger partial charge in [0, 0.05) is 12.2 Å². The van der Waals surface area contributed by atoms with E-state index in [1.54, 1.807) is 0 Å². The van der Waals surface area contributed by atoms with Crippen LogP contribution < -0.4 is 11.1 Å². The van der Waals surface area contributed by atoms with Crippen LogP contribution in [0.2, 0.25) is 0 Å². The van der Waals surface area contributed by atoms with Gasteiger partial charge in [-0.05, 0) is 18.2 Å². The van der Waals surface area contributed by atoms with Crippen molar-refractivity contribution in [1.82, 2.24) is 5.32 Å². The molecule has 6 heteroatoms. The second kappa shape index (κ2) is 5.29. The number of hydrogen-bond donors (Lipinski definition) is 3. The maximum absolute atomic E-state index is 12.9. The second-order valence-corrected chi connectivity index (χ2v) is 3.68. The zero-order valence-electron chi connectivity index (χ0n) is 9.24. The zero-order chi connectivity index (χ0) is 13.0. The molecule has 1 rings (SSSR count). The van der Waals surface area contributed by atoms with Gasteiger partial charge in [-0.3, -0.25) is 9.59 Å². The first-order chi connectivity index (χ1) is 7.91. The number of carboxylic acid groups (broad SMARTS) is 1. The number of nitrogens with two attached hydrogens (primary N) is 1. The highest BCUT2D eigenvalue weighted by Crippen LogP contribution is 2.13. The van der Waals surface area contributed by atoms with Crippen LogP contribution in [0.1, 0.15) is 17.3 Å². The third-order valence-electron chi connectivity index (χ3n) is 2.25. The van der Waals surface area contributed by atoms with Crippen LogP contribution in [0.25, 0.3) is 0 Å². The molecule has 0 aliphatic carbocycles. The maximum Gasteiger partial charge on any atom is 0.308 e. The molecule has 1 amide bonds. The van der Waals surface area contributed by atoms with Crippen molar-refractivity contribution in [3.05, 3.63) is 29.6 Å². The van der Waals surface area contributed by atoms with Gasteiger partial charge in [0.15, 0.2) is 0 Å². The first kappa shape index (κ1) is 13.0. The summed E-state index contributed by atoms with van der Waals surface area (Å²) in [5.41, 5.74) is 5.66. The Hall–Kier alpha value is -2.11. The molecule has 5 nitrogen and oxygen atoms in total. The van der Waals surface area contributed by atoms with Gasteiger partial charge in [0.05, 0.1) is 11.5 Å². The molecule has 0 spiro atoms. The van der Waals surface area contributed by atoms with Crippen molar-refractivity contribution >= 4 is 17.6 Å². The number of aliphatic carboxylic acids is 1. The predicted octanol–water partition coefficient (Wildman–Crippen LogP) is 0.858. The van der Waals surface area contributed by atoms with E-state index in [1.165, 1.54) is 13.0 Å². The molecule has 0 saturated carbocycles. The summed E-state index contributed by atoms with van der Waals surface area (Å²) in [5, 5.41) is 11.0. The Morgan fingerprint density at radius 1 is 1.53 bits per heavy atom.